The Morgan fingerprint density at radius 2 is 2.07 bits per heavy atom. The molecule has 0 aromatic carbocycles. The van der Waals surface area contributed by atoms with Gasteiger partial charge in [-0.1, -0.05) is 13.8 Å². The Morgan fingerprint density at radius 3 is 2.53 bits per heavy atom. The summed E-state index contributed by atoms with van der Waals surface area (Å²) in [5, 5.41) is 12.9. The Bertz CT molecular complexity index is 178. The van der Waals surface area contributed by atoms with Crippen LogP contribution >= 0.6 is 0 Å². The Labute approximate surface area is 93.2 Å². The van der Waals surface area contributed by atoms with E-state index in [1.165, 1.54) is 12.8 Å². The van der Waals surface area contributed by atoms with E-state index in [1.54, 1.807) is 0 Å². The molecular weight excluding hydrogens is 190 g/mol. The van der Waals surface area contributed by atoms with Gasteiger partial charge in [-0.2, -0.15) is 0 Å². The molecule has 3 nitrogen and oxygen atoms in total. The first kappa shape index (κ1) is 12.9. The van der Waals surface area contributed by atoms with E-state index in [0.29, 0.717) is 25.2 Å². The van der Waals surface area contributed by atoms with E-state index in [-0.39, 0.29) is 6.10 Å². The van der Waals surface area contributed by atoms with Gasteiger partial charge in [0.25, 0.3) is 0 Å². The maximum Gasteiger partial charge on any atom is 0.0897 e. The molecule has 0 bridgehead atoms. The number of aliphatic hydroxyl groups is 1. The number of aliphatic hydroxyl groups excluding tert-OH is 1. The second-order valence-corrected chi connectivity index (χ2v) is 4.96. The molecule has 0 aromatic rings. The minimum atomic E-state index is -0.368. The van der Waals surface area contributed by atoms with Crippen molar-refractivity contribution in [2.24, 2.45) is 11.3 Å². The first-order valence-electron chi connectivity index (χ1n) is 6.07. The van der Waals surface area contributed by atoms with Gasteiger partial charge in [-0.3, -0.25) is 0 Å². The molecule has 15 heavy (non-hydrogen) atoms. The maximum atomic E-state index is 9.55. The lowest BCUT2D eigenvalue weighted by Gasteiger charge is -2.21. The normalized spacial score (nSPS) is 20.6. The van der Waals surface area contributed by atoms with Crippen molar-refractivity contribution >= 4 is 0 Å². The topological polar surface area (TPSA) is 41.5 Å². The molecule has 0 heterocycles. The van der Waals surface area contributed by atoms with Gasteiger partial charge >= 0.3 is 0 Å². The van der Waals surface area contributed by atoms with Crippen LogP contribution in [-0.4, -0.2) is 37.5 Å². The van der Waals surface area contributed by atoms with Gasteiger partial charge in [0.15, 0.2) is 0 Å². The summed E-state index contributed by atoms with van der Waals surface area (Å²) in [4.78, 5) is 0. The zero-order valence-corrected chi connectivity index (χ0v) is 10.3. The highest BCUT2D eigenvalue weighted by Crippen LogP contribution is 2.51. The van der Waals surface area contributed by atoms with E-state index in [2.05, 4.69) is 19.2 Å². The van der Waals surface area contributed by atoms with Crippen LogP contribution in [0.25, 0.3) is 0 Å². The Balaban J connectivity index is 2.06. The van der Waals surface area contributed by atoms with Gasteiger partial charge in [-0.05, 0) is 31.1 Å². The van der Waals surface area contributed by atoms with Crippen molar-refractivity contribution in [1.29, 1.82) is 0 Å². The second-order valence-electron chi connectivity index (χ2n) is 4.96. The van der Waals surface area contributed by atoms with Gasteiger partial charge in [0, 0.05) is 19.7 Å². The smallest absolute Gasteiger partial charge is 0.0897 e. The van der Waals surface area contributed by atoms with Crippen LogP contribution in [0.15, 0.2) is 0 Å². The van der Waals surface area contributed by atoms with E-state index < -0.39 is 0 Å². The molecule has 90 valence electrons. The molecule has 0 radical (unpaired) electrons. The predicted molar refractivity (Wildman–Crippen MR) is 61.9 cm³/mol. The standard InChI is InChI=1S/C12H25NO2/c1-4-15-8-11(14)7-13-9-12(5-6-12)10(2)3/h10-11,13-14H,4-9H2,1-3H3. The highest BCUT2D eigenvalue weighted by Gasteiger charge is 2.44. The number of rotatable bonds is 8. The molecule has 0 amide bonds. The van der Waals surface area contributed by atoms with Crippen molar-refractivity contribution in [2.75, 3.05) is 26.3 Å². The average molecular weight is 215 g/mol. The van der Waals surface area contributed by atoms with Gasteiger partial charge in [0.2, 0.25) is 0 Å². The summed E-state index contributed by atoms with van der Waals surface area (Å²) in [6.07, 6.45) is 2.30. The van der Waals surface area contributed by atoms with Crippen LogP contribution in [0.5, 0.6) is 0 Å². The lowest BCUT2D eigenvalue weighted by molar-refractivity contribution is 0.0419. The molecule has 1 unspecified atom stereocenters. The van der Waals surface area contributed by atoms with Crippen LogP contribution < -0.4 is 5.32 Å². The van der Waals surface area contributed by atoms with Crippen LogP contribution in [0, 0.1) is 11.3 Å². The Hall–Kier alpha value is -0.120. The summed E-state index contributed by atoms with van der Waals surface area (Å²) >= 11 is 0. The molecule has 0 spiro atoms. The zero-order valence-electron chi connectivity index (χ0n) is 10.3. The zero-order chi connectivity index (χ0) is 11.3. The molecule has 0 aromatic heterocycles. The lowest BCUT2D eigenvalue weighted by Crippen LogP contribution is -2.35. The highest BCUT2D eigenvalue weighted by atomic mass is 16.5. The molecule has 2 N–H and O–H groups in total. The van der Waals surface area contributed by atoms with Crippen LogP contribution in [0.4, 0.5) is 0 Å². The number of hydrogen-bond acceptors (Lipinski definition) is 3. The minimum absolute atomic E-state index is 0.368. The monoisotopic (exact) mass is 215 g/mol. The van der Waals surface area contributed by atoms with E-state index in [0.717, 1.165) is 12.5 Å². The third kappa shape index (κ3) is 4.09. The molecule has 1 aliphatic rings. The second kappa shape index (κ2) is 5.83. The molecule has 1 aliphatic carbocycles. The van der Waals surface area contributed by atoms with Crippen LogP contribution in [0.2, 0.25) is 0 Å². The van der Waals surface area contributed by atoms with Gasteiger partial charge in [-0.25, -0.2) is 0 Å². The first-order valence-corrected chi connectivity index (χ1v) is 6.07. The average Bonchev–Trinajstić information content (AvgIpc) is 2.96. The van der Waals surface area contributed by atoms with Crippen molar-refractivity contribution in [3.05, 3.63) is 0 Å². The fourth-order valence-corrected chi connectivity index (χ4v) is 1.92. The van der Waals surface area contributed by atoms with E-state index in [1.807, 2.05) is 6.92 Å². The summed E-state index contributed by atoms with van der Waals surface area (Å²) in [5.41, 5.74) is 0.519. The highest BCUT2D eigenvalue weighted by molar-refractivity contribution is 4.97. The number of nitrogens with one attached hydrogen (secondary N) is 1. The largest absolute Gasteiger partial charge is 0.389 e. The van der Waals surface area contributed by atoms with Gasteiger partial charge < -0.3 is 15.2 Å². The van der Waals surface area contributed by atoms with Gasteiger partial charge in [-0.15, -0.1) is 0 Å². The summed E-state index contributed by atoms with van der Waals surface area (Å²) < 4.78 is 5.15. The molecule has 1 saturated carbocycles. The summed E-state index contributed by atoms with van der Waals surface area (Å²) in [6.45, 7) is 9.31. The number of ether oxygens (including phenoxy) is 1. The van der Waals surface area contributed by atoms with Crippen LogP contribution in [0.3, 0.4) is 0 Å². The van der Waals surface area contributed by atoms with E-state index >= 15 is 0 Å². The molecule has 0 aliphatic heterocycles. The predicted octanol–water partition coefficient (Wildman–Crippen LogP) is 1.41. The minimum Gasteiger partial charge on any atom is -0.389 e. The van der Waals surface area contributed by atoms with Crippen molar-refractivity contribution < 1.29 is 9.84 Å². The summed E-state index contributed by atoms with van der Waals surface area (Å²) in [5.74, 6) is 0.744. The summed E-state index contributed by atoms with van der Waals surface area (Å²) in [7, 11) is 0. The van der Waals surface area contributed by atoms with E-state index in [9.17, 15) is 5.11 Å². The van der Waals surface area contributed by atoms with E-state index in [4.69, 9.17) is 4.74 Å². The quantitative estimate of drug-likeness (QED) is 0.643. The Morgan fingerprint density at radius 1 is 1.40 bits per heavy atom. The van der Waals surface area contributed by atoms with Crippen LogP contribution in [0.1, 0.15) is 33.6 Å². The maximum absolute atomic E-state index is 9.55. The third-order valence-corrected chi connectivity index (χ3v) is 3.49. The summed E-state index contributed by atoms with van der Waals surface area (Å²) in [6, 6.07) is 0. The molecule has 3 heteroatoms. The Kier molecular flexibility index (Phi) is 5.03. The van der Waals surface area contributed by atoms with Crippen molar-refractivity contribution in [1.82, 2.24) is 5.32 Å². The fraction of sp³-hybridized carbons (Fsp3) is 1.00. The molecule has 1 fully saturated rings. The van der Waals surface area contributed by atoms with Gasteiger partial charge in [0.05, 0.1) is 12.7 Å². The number of hydrogen-bond donors (Lipinski definition) is 2. The third-order valence-electron chi connectivity index (χ3n) is 3.49. The van der Waals surface area contributed by atoms with Crippen molar-refractivity contribution in [2.45, 2.75) is 39.7 Å². The molecule has 1 atom stereocenters. The van der Waals surface area contributed by atoms with Gasteiger partial charge in [0.1, 0.15) is 0 Å². The first-order chi connectivity index (χ1) is 7.10. The molecule has 0 saturated heterocycles. The fourth-order valence-electron chi connectivity index (χ4n) is 1.92. The van der Waals surface area contributed by atoms with Crippen molar-refractivity contribution in [3.63, 3.8) is 0 Å². The van der Waals surface area contributed by atoms with Crippen LogP contribution in [-0.2, 0) is 4.74 Å². The molecule has 1 rings (SSSR count). The van der Waals surface area contributed by atoms with Crippen molar-refractivity contribution in [3.8, 4) is 0 Å². The molecular formula is C12H25NO2. The SMILES string of the molecule is CCOCC(O)CNCC1(C(C)C)CC1. The lowest BCUT2D eigenvalue weighted by atomic mass is 9.92.